The van der Waals surface area contributed by atoms with Crippen molar-refractivity contribution in [1.82, 2.24) is 5.32 Å². The zero-order valence-corrected chi connectivity index (χ0v) is 12.8. The maximum Gasteiger partial charge on any atom is 0.231 e. The smallest absolute Gasteiger partial charge is 0.231 e. The maximum atomic E-state index is 9.51. The number of rotatable bonds is 2. The summed E-state index contributed by atoms with van der Waals surface area (Å²) in [5.74, 6) is 0.556. The molecule has 1 aromatic rings. The van der Waals surface area contributed by atoms with Crippen LogP contribution in [0.15, 0.2) is 35.0 Å². The highest BCUT2D eigenvalue weighted by molar-refractivity contribution is 6.31. The quantitative estimate of drug-likeness (QED) is 0.850. The van der Waals surface area contributed by atoms with Crippen LogP contribution < -0.4 is 20.5 Å². The van der Waals surface area contributed by atoms with E-state index in [0.717, 1.165) is 0 Å². The Kier molecular flexibility index (Phi) is 3.65. The molecule has 0 aliphatic carbocycles. The van der Waals surface area contributed by atoms with Gasteiger partial charge in [0.2, 0.25) is 12.7 Å². The zero-order chi connectivity index (χ0) is 16.6. The van der Waals surface area contributed by atoms with E-state index in [4.69, 9.17) is 31.5 Å². The lowest BCUT2D eigenvalue weighted by Gasteiger charge is -2.26. The Labute approximate surface area is 137 Å². The molecule has 0 saturated carbocycles. The number of methoxy groups -OCH3 is 1. The van der Waals surface area contributed by atoms with E-state index in [1.54, 1.807) is 12.1 Å². The molecule has 116 valence electrons. The minimum Gasteiger partial charge on any atom is -0.482 e. The van der Waals surface area contributed by atoms with Gasteiger partial charge in [0.25, 0.3) is 0 Å². The zero-order valence-electron chi connectivity index (χ0n) is 12.0. The predicted molar refractivity (Wildman–Crippen MR) is 79.9 cm³/mol. The number of nitrogens with two attached hydrogens (primary N) is 1. The van der Waals surface area contributed by atoms with Crippen molar-refractivity contribution in [2.75, 3.05) is 13.9 Å². The second-order valence-corrected chi connectivity index (χ2v) is 5.19. The number of nitrogens with zero attached hydrogens (tertiary/aromatic N) is 2. The number of allylic oxidation sites excluding steroid dienone is 2. The number of halogens is 1. The molecular formula is C15H11ClN4O3. The first kappa shape index (κ1) is 14.9. The summed E-state index contributed by atoms with van der Waals surface area (Å²) in [5, 5.41) is 22.0. The average Bonchev–Trinajstić information content (AvgIpc) is 3.00. The van der Waals surface area contributed by atoms with Gasteiger partial charge in [0.1, 0.15) is 17.5 Å². The van der Waals surface area contributed by atoms with Crippen LogP contribution in [0.4, 0.5) is 0 Å². The van der Waals surface area contributed by atoms with Gasteiger partial charge in [-0.15, -0.1) is 0 Å². The lowest BCUT2D eigenvalue weighted by molar-refractivity contribution is 0.174. The van der Waals surface area contributed by atoms with E-state index in [1.807, 2.05) is 6.07 Å². The molecule has 0 spiro atoms. The van der Waals surface area contributed by atoms with Crippen LogP contribution in [0.1, 0.15) is 11.5 Å². The fourth-order valence-electron chi connectivity index (χ4n) is 2.55. The monoisotopic (exact) mass is 330 g/mol. The molecule has 2 aliphatic rings. The molecule has 3 N–H and O–H groups in total. The molecule has 0 saturated heterocycles. The van der Waals surface area contributed by atoms with Gasteiger partial charge in [0.15, 0.2) is 11.5 Å². The molecule has 1 atom stereocenters. The summed E-state index contributed by atoms with van der Waals surface area (Å²) in [4.78, 5) is 0. The van der Waals surface area contributed by atoms with E-state index in [9.17, 15) is 10.5 Å². The largest absolute Gasteiger partial charge is 0.482 e. The van der Waals surface area contributed by atoms with Crippen LogP contribution in [0.3, 0.4) is 0 Å². The molecule has 1 aromatic carbocycles. The minimum atomic E-state index is -0.747. The molecule has 2 heterocycles. The van der Waals surface area contributed by atoms with Crippen LogP contribution in [-0.4, -0.2) is 13.9 Å². The van der Waals surface area contributed by atoms with Gasteiger partial charge >= 0.3 is 0 Å². The Morgan fingerprint density at radius 3 is 2.52 bits per heavy atom. The van der Waals surface area contributed by atoms with Gasteiger partial charge in [0.05, 0.1) is 24.7 Å². The van der Waals surface area contributed by atoms with Crippen LogP contribution >= 0.6 is 11.6 Å². The van der Waals surface area contributed by atoms with Crippen molar-refractivity contribution in [3.8, 4) is 23.6 Å². The van der Waals surface area contributed by atoms with Gasteiger partial charge in [-0.3, -0.25) is 0 Å². The third-order valence-corrected chi connectivity index (χ3v) is 3.94. The lowest BCUT2D eigenvalue weighted by Crippen LogP contribution is -2.31. The Hall–Kier alpha value is -3.03. The molecule has 23 heavy (non-hydrogen) atoms. The molecule has 0 bridgehead atoms. The average molecular weight is 331 g/mol. The first-order valence-electron chi connectivity index (χ1n) is 6.54. The summed E-state index contributed by atoms with van der Waals surface area (Å²) in [6.45, 7) is 0.0920. The number of benzene rings is 1. The summed E-state index contributed by atoms with van der Waals surface area (Å²) in [6.07, 6.45) is 0. The molecular weight excluding hydrogens is 320 g/mol. The normalized spacial score (nSPS) is 19.0. The van der Waals surface area contributed by atoms with Crippen molar-refractivity contribution in [3.63, 3.8) is 0 Å². The van der Waals surface area contributed by atoms with Crippen molar-refractivity contribution in [2.24, 2.45) is 5.73 Å². The van der Waals surface area contributed by atoms with Crippen LogP contribution in [0.5, 0.6) is 11.5 Å². The van der Waals surface area contributed by atoms with Gasteiger partial charge in [-0.2, -0.15) is 10.5 Å². The molecule has 0 aromatic heterocycles. The van der Waals surface area contributed by atoms with Gasteiger partial charge < -0.3 is 25.3 Å². The molecule has 0 radical (unpaired) electrons. The number of nitriles is 2. The van der Waals surface area contributed by atoms with Crippen molar-refractivity contribution in [1.29, 1.82) is 10.5 Å². The Balaban J connectivity index is 2.23. The summed E-state index contributed by atoms with van der Waals surface area (Å²) < 4.78 is 15.8. The first-order chi connectivity index (χ1) is 11.1. The van der Waals surface area contributed by atoms with Gasteiger partial charge in [-0.05, 0) is 11.6 Å². The summed E-state index contributed by atoms with van der Waals surface area (Å²) >= 11 is 6.32. The van der Waals surface area contributed by atoms with Crippen molar-refractivity contribution in [2.45, 2.75) is 5.92 Å². The summed E-state index contributed by atoms with van der Waals surface area (Å²) in [6, 6.07) is 7.32. The molecule has 3 rings (SSSR count). The first-order valence-corrected chi connectivity index (χ1v) is 6.92. The minimum absolute atomic E-state index is 0.0920. The topological polar surface area (TPSA) is 113 Å². The lowest BCUT2D eigenvalue weighted by atomic mass is 9.83. The van der Waals surface area contributed by atoms with Crippen LogP contribution in [0.2, 0.25) is 5.02 Å². The Morgan fingerprint density at radius 2 is 1.91 bits per heavy atom. The van der Waals surface area contributed by atoms with Gasteiger partial charge in [-0.1, -0.05) is 11.6 Å². The second kappa shape index (κ2) is 5.64. The predicted octanol–water partition coefficient (Wildman–Crippen LogP) is 1.83. The number of fused-ring (bicyclic) bond motifs is 1. The fraction of sp³-hybridized carbons (Fsp3) is 0.200. The number of hydrogen-bond acceptors (Lipinski definition) is 7. The Morgan fingerprint density at radius 1 is 1.26 bits per heavy atom. The SMILES string of the molecule is COC1=C(C#N)C(c2cc3c(cc2Cl)OCO3)C(C#N)=C(N)N1. The molecule has 0 fully saturated rings. The number of nitrogens with one attached hydrogen (secondary N) is 1. The van der Waals surface area contributed by atoms with Crippen LogP contribution in [0, 0.1) is 22.7 Å². The fourth-order valence-corrected chi connectivity index (χ4v) is 2.82. The highest BCUT2D eigenvalue weighted by atomic mass is 35.5. The number of hydrogen-bond donors (Lipinski definition) is 2. The van der Waals surface area contributed by atoms with E-state index in [2.05, 4.69) is 11.4 Å². The standard InChI is InChI=1S/C15H11ClN4O3/c1-21-15-9(5-18)13(8(4-17)14(19)20-15)7-2-11-12(3-10(7)16)23-6-22-11/h2-3,13,20H,6,19H2,1H3. The van der Waals surface area contributed by atoms with Gasteiger partial charge in [0, 0.05) is 11.1 Å². The van der Waals surface area contributed by atoms with Crippen molar-refractivity contribution >= 4 is 11.6 Å². The van der Waals surface area contributed by atoms with Crippen LogP contribution in [0.25, 0.3) is 0 Å². The van der Waals surface area contributed by atoms with E-state index < -0.39 is 5.92 Å². The third kappa shape index (κ3) is 2.28. The molecule has 7 nitrogen and oxygen atoms in total. The van der Waals surface area contributed by atoms with Crippen molar-refractivity contribution < 1.29 is 14.2 Å². The van der Waals surface area contributed by atoms with E-state index >= 15 is 0 Å². The second-order valence-electron chi connectivity index (χ2n) is 4.78. The number of ether oxygens (including phenoxy) is 3. The summed E-state index contributed by atoms with van der Waals surface area (Å²) in [5.41, 5.74) is 6.79. The highest BCUT2D eigenvalue weighted by Crippen LogP contribution is 2.45. The van der Waals surface area contributed by atoms with Crippen molar-refractivity contribution in [3.05, 3.63) is 45.6 Å². The summed E-state index contributed by atoms with van der Waals surface area (Å²) in [7, 11) is 1.41. The van der Waals surface area contributed by atoms with Crippen LogP contribution in [-0.2, 0) is 4.74 Å². The van der Waals surface area contributed by atoms with E-state index in [-0.39, 0.29) is 29.6 Å². The van der Waals surface area contributed by atoms with E-state index in [0.29, 0.717) is 22.1 Å². The van der Waals surface area contributed by atoms with Gasteiger partial charge in [-0.25, -0.2) is 0 Å². The molecule has 0 amide bonds. The molecule has 1 unspecified atom stereocenters. The molecule has 2 aliphatic heterocycles. The highest BCUT2D eigenvalue weighted by Gasteiger charge is 2.34. The Bertz CT molecular complexity index is 832. The van der Waals surface area contributed by atoms with E-state index in [1.165, 1.54) is 7.11 Å². The third-order valence-electron chi connectivity index (χ3n) is 3.61. The number of dihydropyridines is 1. The molecule has 8 heteroatoms. The maximum absolute atomic E-state index is 9.51.